The maximum Gasteiger partial charge on any atom is 0.321 e. The molecular weight excluding hydrogens is 697 g/mol. The summed E-state index contributed by atoms with van der Waals surface area (Å²) in [5, 5.41) is 22.4. The van der Waals surface area contributed by atoms with Gasteiger partial charge in [0.05, 0.1) is 43.8 Å². The van der Waals surface area contributed by atoms with Crippen LogP contribution in [0.5, 0.6) is 0 Å². The molecule has 0 aromatic rings. The normalized spacial score (nSPS) is 47.4. The number of hydrogen-bond acceptors (Lipinski definition) is 8. The highest BCUT2D eigenvalue weighted by molar-refractivity contribution is 7.88. The standard InChI is InChI=1S/C41H66N2O9S/c1-24(35(46)47)43(53(8,48)49)21-26-20-36(2,3)33-32(51-26)34(45)39(7)28-12-11-27-37(4,5)29(13-14-40(27)23-41(28,40)16-15-38(33,39)6)52-31-22-42(17-18-50-31)30(44)19-25-9-10-25/h24-29,31-34,45H,9-23H2,1-8H3,(H,46,47). The number of ether oxygens (including phenoxy) is 3. The van der Waals surface area contributed by atoms with Crippen molar-refractivity contribution in [1.29, 1.82) is 0 Å². The number of carbonyl (C=O) groups excluding carboxylic acids is 1. The predicted molar refractivity (Wildman–Crippen MR) is 198 cm³/mol. The second-order valence-electron chi connectivity index (χ2n) is 20.8. The van der Waals surface area contributed by atoms with E-state index >= 15 is 0 Å². The Kier molecular flexibility index (Phi) is 8.98. The van der Waals surface area contributed by atoms with Gasteiger partial charge < -0.3 is 29.3 Å². The van der Waals surface area contributed by atoms with Gasteiger partial charge in [-0.1, -0.05) is 41.5 Å². The maximum absolute atomic E-state index is 12.9. The van der Waals surface area contributed by atoms with Crippen LogP contribution < -0.4 is 0 Å². The molecule has 1 amide bonds. The summed E-state index contributed by atoms with van der Waals surface area (Å²) in [7, 11) is -3.81. The van der Waals surface area contributed by atoms with Crippen LogP contribution in [0.1, 0.15) is 119 Å². The molecule has 2 N–H and O–H groups in total. The van der Waals surface area contributed by atoms with Gasteiger partial charge in [-0.15, -0.1) is 0 Å². The Morgan fingerprint density at radius 2 is 1.66 bits per heavy atom. The van der Waals surface area contributed by atoms with Gasteiger partial charge in [0.2, 0.25) is 15.9 Å². The quantitative estimate of drug-likeness (QED) is 0.320. The third kappa shape index (κ3) is 5.58. The third-order valence-electron chi connectivity index (χ3n) is 17.5. The van der Waals surface area contributed by atoms with E-state index in [1.807, 2.05) is 4.90 Å². The lowest BCUT2D eigenvalue weighted by atomic mass is 9.41. The summed E-state index contributed by atoms with van der Waals surface area (Å²) >= 11 is 0. The van der Waals surface area contributed by atoms with E-state index < -0.39 is 40.3 Å². The third-order valence-corrected chi connectivity index (χ3v) is 18.9. The average molecular weight is 763 g/mol. The van der Waals surface area contributed by atoms with Crippen molar-refractivity contribution in [3.63, 3.8) is 0 Å². The van der Waals surface area contributed by atoms with Gasteiger partial charge in [0.15, 0.2) is 6.29 Å². The molecule has 8 fully saturated rings. The molecule has 13 atom stereocenters. The highest BCUT2D eigenvalue weighted by atomic mass is 32.2. The minimum absolute atomic E-state index is 0.0454. The first-order chi connectivity index (χ1) is 24.6. The van der Waals surface area contributed by atoms with Gasteiger partial charge in [-0.2, -0.15) is 4.31 Å². The molecule has 2 spiro atoms. The van der Waals surface area contributed by atoms with Crippen LogP contribution in [0.15, 0.2) is 0 Å². The molecule has 0 bridgehead atoms. The number of carbonyl (C=O) groups is 2. The monoisotopic (exact) mass is 762 g/mol. The molecule has 300 valence electrons. The van der Waals surface area contributed by atoms with Gasteiger partial charge >= 0.3 is 5.97 Å². The molecule has 2 saturated heterocycles. The van der Waals surface area contributed by atoms with Crippen LogP contribution >= 0.6 is 0 Å². The molecule has 8 aliphatic rings. The van der Waals surface area contributed by atoms with E-state index in [1.54, 1.807) is 0 Å². The van der Waals surface area contributed by atoms with Crippen LogP contribution in [0.25, 0.3) is 0 Å². The number of rotatable bonds is 9. The number of sulfonamides is 1. The molecule has 0 radical (unpaired) electrons. The van der Waals surface area contributed by atoms with Gasteiger partial charge in [-0.05, 0) is 122 Å². The summed E-state index contributed by atoms with van der Waals surface area (Å²) in [5.41, 5.74) is -0.468. The summed E-state index contributed by atoms with van der Waals surface area (Å²) in [4.78, 5) is 26.8. The van der Waals surface area contributed by atoms with Crippen molar-refractivity contribution in [2.75, 3.05) is 32.5 Å². The molecule has 6 saturated carbocycles. The zero-order valence-electron chi connectivity index (χ0n) is 33.4. The number of aliphatic hydroxyl groups excluding tert-OH is 1. The Balaban J connectivity index is 1.01. The van der Waals surface area contributed by atoms with Crippen LogP contribution in [0, 0.1) is 56.2 Å². The highest BCUT2D eigenvalue weighted by Crippen LogP contribution is 2.89. The first-order valence-corrected chi connectivity index (χ1v) is 22.6. The van der Waals surface area contributed by atoms with Gasteiger partial charge in [0, 0.05) is 24.9 Å². The second kappa shape index (κ2) is 12.3. The molecule has 12 heteroatoms. The Morgan fingerprint density at radius 3 is 2.32 bits per heavy atom. The molecule has 2 heterocycles. The number of carboxylic acid groups (broad SMARTS) is 1. The number of hydrogen-bond donors (Lipinski definition) is 2. The molecule has 0 aromatic carbocycles. The minimum atomic E-state index is -3.81. The summed E-state index contributed by atoms with van der Waals surface area (Å²) in [6.45, 7) is 17.1. The summed E-state index contributed by atoms with van der Waals surface area (Å²) < 4.78 is 46.4. The number of morpholine rings is 1. The van der Waals surface area contributed by atoms with Crippen LogP contribution in [0.2, 0.25) is 0 Å². The largest absolute Gasteiger partial charge is 0.480 e. The zero-order valence-corrected chi connectivity index (χ0v) is 34.3. The van der Waals surface area contributed by atoms with Crippen molar-refractivity contribution in [3.05, 3.63) is 0 Å². The van der Waals surface area contributed by atoms with Gasteiger partial charge in [-0.3, -0.25) is 9.59 Å². The van der Waals surface area contributed by atoms with E-state index in [-0.39, 0.29) is 63.3 Å². The molecule has 2 aliphatic heterocycles. The van der Waals surface area contributed by atoms with Crippen molar-refractivity contribution in [1.82, 2.24) is 9.21 Å². The van der Waals surface area contributed by atoms with Crippen molar-refractivity contribution in [3.8, 4) is 0 Å². The molecule has 6 aliphatic carbocycles. The van der Waals surface area contributed by atoms with Crippen molar-refractivity contribution >= 4 is 21.9 Å². The molecular formula is C41H66N2O9S. The van der Waals surface area contributed by atoms with Crippen LogP contribution in [0.4, 0.5) is 0 Å². The van der Waals surface area contributed by atoms with Crippen molar-refractivity contribution < 1.29 is 42.4 Å². The number of nitrogens with zero attached hydrogens (tertiary/aromatic N) is 2. The van der Waals surface area contributed by atoms with E-state index in [1.165, 1.54) is 26.2 Å². The van der Waals surface area contributed by atoms with Crippen LogP contribution in [-0.4, -0.2) is 109 Å². The van der Waals surface area contributed by atoms with E-state index in [0.29, 0.717) is 50.3 Å². The van der Waals surface area contributed by atoms with E-state index in [9.17, 15) is 28.2 Å². The smallest absolute Gasteiger partial charge is 0.321 e. The topological polar surface area (TPSA) is 143 Å². The number of aliphatic carboxylic acids is 1. The fraction of sp³-hybridized carbons (Fsp3) is 0.951. The lowest BCUT2D eigenvalue weighted by Gasteiger charge is -2.64. The fourth-order valence-corrected chi connectivity index (χ4v) is 16.0. The van der Waals surface area contributed by atoms with Crippen molar-refractivity contribution in [2.24, 2.45) is 56.2 Å². The van der Waals surface area contributed by atoms with Gasteiger partial charge in [0.25, 0.3) is 0 Å². The first-order valence-electron chi connectivity index (χ1n) is 20.7. The summed E-state index contributed by atoms with van der Waals surface area (Å²) in [6.07, 6.45) is 10.3. The number of fused-ring (bicyclic) bond motifs is 4. The SMILES string of the molecule is CC(C(=O)O)N(CC1CC(C)(C)C2C(O1)C(O)C1(C)C3CCC4C(C)(C)C(OC5CN(C(=O)CC6CC6)CCO5)CCC45CC35CCC21C)S(C)(=O)=O. The van der Waals surface area contributed by atoms with Crippen molar-refractivity contribution in [2.45, 2.75) is 156 Å². The average Bonchev–Trinajstić information content (AvgIpc) is 3.99. The molecule has 13 unspecified atom stereocenters. The molecule has 53 heavy (non-hydrogen) atoms. The maximum atomic E-state index is 12.9. The van der Waals surface area contributed by atoms with Gasteiger partial charge in [0.1, 0.15) is 6.04 Å². The van der Waals surface area contributed by atoms with E-state index in [2.05, 4.69) is 41.5 Å². The lowest BCUT2D eigenvalue weighted by molar-refractivity contribution is -0.248. The van der Waals surface area contributed by atoms with Crippen LogP contribution in [0.3, 0.4) is 0 Å². The second-order valence-corrected chi connectivity index (χ2v) is 22.8. The summed E-state index contributed by atoms with van der Waals surface area (Å²) in [6, 6.07) is -1.21. The Morgan fingerprint density at radius 1 is 0.981 bits per heavy atom. The molecule has 11 nitrogen and oxygen atoms in total. The predicted octanol–water partition coefficient (Wildman–Crippen LogP) is 5.29. The van der Waals surface area contributed by atoms with Crippen LogP contribution in [-0.2, 0) is 33.8 Å². The van der Waals surface area contributed by atoms with Gasteiger partial charge in [-0.25, -0.2) is 8.42 Å². The fourth-order valence-electron chi connectivity index (χ4n) is 14.9. The zero-order chi connectivity index (χ0) is 38.3. The number of amides is 1. The Bertz CT molecular complexity index is 1620. The number of aliphatic hydroxyl groups is 1. The van der Waals surface area contributed by atoms with E-state index in [0.717, 1.165) is 49.1 Å². The molecule has 8 rings (SSSR count). The lowest BCUT2D eigenvalue weighted by Crippen LogP contribution is -2.60. The molecule has 0 aromatic heterocycles. The highest BCUT2D eigenvalue weighted by Gasteiger charge is 2.85. The minimum Gasteiger partial charge on any atom is -0.480 e. The first kappa shape index (κ1) is 38.6. The summed E-state index contributed by atoms with van der Waals surface area (Å²) in [5.74, 6) is 0.560. The Hall–Kier alpha value is -1.31. The van der Waals surface area contributed by atoms with E-state index in [4.69, 9.17) is 14.2 Å². The Labute approximate surface area is 317 Å². The number of carboxylic acids is 1.